The summed E-state index contributed by atoms with van der Waals surface area (Å²) in [5.74, 6) is -0.498. The Labute approximate surface area is 117 Å². The Balaban J connectivity index is 2.91. The van der Waals surface area contributed by atoms with E-state index in [4.69, 9.17) is 5.11 Å². The molecule has 0 heterocycles. The summed E-state index contributed by atoms with van der Waals surface area (Å²) in [4.78, 5) is 24.3. The first-order valence-electron chi connectivity index (χ1n) is 5.78. The molecule has 0 atom stereocenters. The summed E-state index contributed by atoms with van der Waals surface area (Å²) in [7, 11) is 0. The number of aliphatic carboxylic acids is 1. The van der Waals surface area contributed by atoms with Gasteiger partial charge in [-0.25, -0.2) is 0 Å². The predicted molar refractivity (Wildman–Crippen MR) is 77.4 cm³/mol. The maximum absolute atomic E-state index is 12.2. The van der Waals surface area contributed by atoms with Crippen molar-refractivity contribution in [1.82, 2.24) is 4.90 Å². The van der Waals surface area contributed by atoms with Crippen molar-refractivity contribution < 1.29 is 14.7 Å². The fourth-order valence-corrected chi connectivity index (χ4v) is 2.19. The summed E-state index contributed by atoms with van der Waals surface area (Å²) in [6.45, 7) is 3.44. The molecule has 0 aliphatic heterocycles. The average Bonchev–Trinajstić information content (AvgIpc) is 2.37. The van der Waals surface area contributed by atoms with E-state index >= 15 is 0 Å². The Bertz CT molecular complexity index is 474. The average molecular weight is 279 g/mol. The molecule has 4 nitrogen and oxygen atoms in total. The number of amides is 1. The van der Waals surface area contributed by atoms with Gasteiger partial charge in [0.05, 0.1) is 0 Å². The van der Waals surface area contributed by atoms with Crippen LogP contribution in [0.15, 0.2) is 36.9 Å². The minimum Gasteiger partial charge on any atom is -0.480 e. The Morgan fingerprint density at radius 2 is 2.21 bits per heavy atom. The van der Waals surface area contributed by atoms with Gasteiger partial charge in [0, 0.05) is 17.9 Å². The molecule has 1 amide bonds. The van der Waals surface area contributed by atoms with Crippen molar-refractivity contribution in [2.45, 2.75) is 5.75 Å². The van der Waals surface area contributed by atoms with Crippen LogP contribution in [0, 0.1) is 0 Å². The minimum atomic E-state index is -1.03. The third-order valence-electron chi connectivity index (χ3n) is 2.45. The van der Waals surface area contributed by atoms with Gasteiger partial charge >= 0.3 is 5.97 Å². The van der Waals surface area contributed by atoms with Crippen molar-refractivity contribution in [3.05, 3.63) is 48.0 Å². The molecule has 0 saturated carbocycles. The molecule has 0 spiro atoms. The maximum atomic E-state index is 12.2. The zero-order valence-electron chi connectivity index (χ0n) is 10.8. The van der Waals surface area contributed by atoms with Crippen LogP contribution >= 0.6 is 11.8 Å². The lowest BCUT2D eigenvalue weighted by molar-refractivity contribution is -0.137. The van der Waals surface area contributed by atoms with E-state index < -0.39 is 5.97 Å². The molecule has 0 bridgehead atoms. The molecule has 0 unspecified atom stereocenters. The second-order valence-corrected chi connectivity index (χ2v) is 4.87. The number of nitrogens with zero attached hydrogens (tertiary/aromatic N) is 1. The third-order valence-corrected chi connectivity index (χ3v) is 3.07. The lowest BCUT2D eigenvalue weighted by Crippen LogP contribution is -2.35. The van der Waals surface area contributed by atoms with E-state index in [1.807, 2.05) is 18.4 Å². The topological polar surface area (TPSA) is 57.6 Å². The van der Waals surface area contributed by atoms with Crippen molar-refractivity contribution in [3.8, 4) is 0 Å². The van der Waals surface area contributed by atoms with Crippen LogP contribution in [0.5, 0.6) is 0 Å². The molecule has 1 N–H and O–H groups in total. The molecule has 0 saturated heterocycles. The largest absolute Gasteiger partial charge is 0.480 e. The van der Waals surface area contributed by atoms with Gasteiger partial charge < -0.3 is 10.0 Å². The van der Waals surface area contributed by atoms with Crippen molar-refractivity contribution in [2.75, 3.05) is 19.3 Å². The SMILES string of the molecule is C=CCN(CC(=O)O)C(=O)c1cccc(CSC)c1. The molecular formula is C14H17NO3S. The first-order chi connectivity index (χ1) is 9.08. The fraction of sp³-hybridized carbons (Fsp3) is 0.286. The molecule has 0 fully saturated rings. The number of rotatable bonds is 7. The molecule has 0 aliphatic carbocycles. The van der Waals surface area contributed by atoms with E-state index in [9.17, 15) is 9.59 Å². The molecule has 0 aromatic heterocycles. The first kappa shape index (κ1) is 15.3. The van der Waals surface area contributed by atoms with Crippen LogP contribution in [0.4, 0.5) is 0 Å². The highest BCUT2D eigenvalue weighted by Crippen LogP contribution is 2.13. The Kier molecular flexibility index (Phi) is 6.15. The van der Waals surface area contributed by atoms with Gasteiger partial charge in [-0.15, -0.1) is 6.58 Å². The smallest absolute Gasteiger partial charge is 0.323 e. The highest BCUT2D eigenvalue weighted by atomic mass is 32.2. The van der Waals surface area contributed by atoms with Crippen molar-refractivity contribution in [3.63, 3.8) is 0 Å². The van der Waals surface area contributed by atoms with Crippen LogP contribution in [0.2, 0.25) is 0 Å². The monoisotopic (exact) mass is 279 g/mol. The number of hydrogen-bond acceptors (Lipinski definition) is 3. The molecule has 1 aromatic rings. The van der Waals surface area contributed by atoms with Crippen molar-refractivity contribution >= 4 is 23.6 Å². The number of benzene rings is 1. The van der Waals surface area contributed by atoms with Crippen molar-refractivity contribution in [2.24, 2.45) is 0 Å². The molecule has 102 valence electrons. The van der Waals surface area contributed by atoms with Gasteiger partial charge in [0.2, 0.25) is 0 Å². The van der Waals surface area contributed by atoms with E-state index in [1.54, 1.807) is 23.9 Å². The molecule has 5 heteroatoms. The first-order valence-corrected chi connectivity index (χ1v) is 7.17. The highest BCUT2D eigenvalue weighted by Gasteiger charge is 2.17. The quantitative estimate of drug-likeness (QED) is 0.778. The summed E-state index contributed by atoms with van der Waals surface area (Å²) >= 11 is 1.67. The minimum absolute atomic E-state index is 0.220. The third kappa shape index (κ3) is 4.79. The fourth-order valence-electron chi connectivity index (χ4n) is 1.68. The van der Waals surface area contributed by atoms with Crippen LogP contribution in [0.3, 0.4) is 0 Å². The number of thioether (sulfide) groups is 1. The van der Waals surface area contributed by atoms with Crippen LogP contribution < -0.4 is 0 Å². The van der Waals surface area contributed by atoms with E-state index in [0.717, 1.165) is 11.3 Å². The number of carbonyl (C=O) groups excluding carboxylic acids is 1. The summed E-state index contributed by atoms with van der Waals surface area (Å²) in [6.07, 6.45) is 3.51. The molecule has 0 radical (unpaired) electrons. The zero-order chi connectivity index (χ0) is 14.3. The second kappa shape index (κ2) is 7.63. The van der Waals surface area contributed by atoms with E-state index in [-0.39, 0.29) is 19.0 Å². The van der Waals surface area contributed by atoms with Crippen LogP contribution in [-0.4, -0.2) is 41.2 Å². The number of carbonyl (C=O) groups is 2. The van der Waals surface area contributed by atoms with Crippen LogP contribution in [0.1, 0.15) is 15.9 Å². The van der Waals surface area contributed by atoms with E-state index in [2.05, 4.69) is 6.58 Å². The number of carboxylic acid groups (broad SMARTS) is 1. The lowest BCUT2D eigenvalue weighted by atomic mass is 10.1. The van der Waals surface area contributed by atoms with Gasteiger partial charge in [-0.1, -0.05) is 18.2 Å². The standard InChI is InChI=1S/C14H17NO3S/c1-3-7-15(9-13(16)17)14(18)12-6-4-5-11(8-12)10-19-2/h3-6,8H,1,7,9-10H2,2H3,(H,16,17). The molecule has 0 aliphatic rings. The molecular weight excluding hydrogens is 262 g/mol. The van der Waals surface area contributed by atoms with Gasteiger partial charge in [0.15, 0.2) is 0 Å². The van der Waals surface area contributed by atoms with Gasteiger partial charge in [-0.05, 0) is 24.0 Å². The predicted octanol–water partition coefficient (Wildman–Crippen LogP) is 2.26. The summed E-state index contributed by atoms with van der Waals surface area (Å²) in [6, 6.07) is 7.26. The molecule has 19 heavy (non-hydrogen) atoms. The number of hydrogen-bond donors (Lipinski definition) is 1. The van der Waals surface area contributed by atoms with Crippen LogP contribution in [-0.2, 0) is 10.5 Å². The van der Waals surface area contributed by atoms with Gasteiger partial charge in [-0.3, -0.25) is 9.59 Å². The molecule has 1 rings (SSSR count). The maximum Gasteiger partial charge on any atom is 0.323 e. The number of carboxylic acids is 1. The van der Waals surface area contributed by atoms with Gasteiger partial charge in [0.25, 0.3) is 5.91 Å². The highest BCUT2D eigenvalue weighted by molar-refractivity contribution is 7.97. The van der Waals surface area contributed by atoms with E-state index in [0.29, 0.717) is 5.56 Å². The van der Waals surface area contributed by atoms with Crippen molar-refractivity contribution in [1.29, 1.82) is 0 Å². The normalized spacial score (nSPS) is 9.95. The summed E-state index contributed by atoms with van der Waals surface area (Å²) in [5, 5.41) is 8.81. The molecule has 1 aromatic carbocycles. The van der Waals surface area contributed by atoms with Gasteiger partial charge in [0.1, 0.15) is 6.54 Å². The van der Waals surface area contributed by atoms with Crippen LogP contribution in [0.25, 0.3) is 0 Å². The van der Waals surface area contributed by atoms with E-state index in [1.165, 1.54) is 11.0 Å². The Morgan fingerprint density at radius 1 is 1.47 bits per heavy atom. The summed E-state index contributed by atoms with van der Waals surface area (Å²) in [5.41, 5.74) is 1.56. The Morgan fingerprint density at radius 3 is 2.79 bits per heavy atom. The second-order valence-electron chi connectivity index (χ2n) is 4.00. The lowest BCUT2D eigenvalue weighted by Gasteiger charge is -2.19. The summed E-state index contributed by atoms with van der Waals surface area (Å²) < 4.78 is 0. The van der Waals surface area contributed by atoms with Gasteiger partial charge in [-0.2, -0.15) is 11.8 Å². The zero-order valence-corrected chi connectivity index (χ0v) is 11.7. The Hall–Kier alpha value is -1.75.